The van der Waals surface area contributed by atoms with Gasteiger partial charge in [0.25, 0.3) is 5.91 Å². The van der Waals surface area contributed by atoms with Crippen LogP contribution in [0.4, 0.5) is 0 Å². The molecule has 1 fully saturated rings. The van der Waals surface area contributed by atoms with Gasteiger partial charge in [-0.3, -0.25) is 9.78 Å². The van der Waals surface area contributed by atoms with Crippen molar-refractivity contribution in [3.63, 3.8) is 0 Å². The average Bonchev–Trinajstić information content (AvgIpc) is 2.92. The van der Waals surface area contributed by atoms with Crippen LogP contribution in [0.25, 0.3) is 0 Å². The van der Waals surface area contributed by atoms with E-state index >= 15 is 0 Å². The van der Waals surface area contributed by atoms with Gasteiger partial charge in [0.05, 0.1) is 5.56 Å². The van der Waals surface area contributed by atoms with Gasteiger partial charge in [0.1, 0.15) is 5.69 Å². The molecule has 0 spiro atoms. The Bertz CT molecular complexity index is 481. The number of amides is 1. The maximum absolute atomic E-state index is 12.0. The first-order valence-corrected chi connectivity index (χ1v) is 6.58. The SMILES string of the molecule is CC(NC(=O)c1cc(C(=O)O)ccn1)C1CCCC1. The Labute approximate surface area is 112 Å². The van der Waals surface area contributed by atoms with Crippen molar-refractivity contribution in [1.29, 1.82) is 0 Å². The number of nitrogens with zero attached hydrogens (tertiary/aromatic N) is 1. The molecule has 1 saturated carbocycles. The molecular weight excluding hydrogens is 244 g/mol. The standard InChI is InChI=1S/C14H18N2O3/c1-9(10-4-2-3-5-10)16-13(17)12-8-11(14(18)19)6-7-15-12/h6-10H,2-5H2,1H3,(H,16,17)(H,18,19). The lowest BCUT2D eigenvalue weighted by Gasteiger charge is -2.20. The van der Waals surface area contributed by atoms with Crippen molar-refractivity contribution in [2.24, 2.45) is 5.92 Å². The smallest absolute Gasteiger partial charge is 0.335 e. The van der Waals surface area contributed by atoms with Crippen molar-refractivity contribution in [2.75, 3.05) is 0 Å². The molecule has 1 aliphatic carbocycles. The zero-order chi connectivity index (χ0) is 13.8. The minimum Gasteiger partial charge on any atom is -0.478 e. The number of aromatic nitrogens is 1. The summed E-state index contributed by atoms with van der Waals surface area (Å²) >= 11 is 0. The Hall–Kier alpha value is -1.91. The fourth-order valence-electron chi connectivity index (χ4n) is 2.54. The molecule has 1 aromatic heterocycles. The average molecular weight is 262 g/mol. The predicted octanol–water partition coefficient (Wildman–Crippen LogP) is 2.09. The summed E-state index contributed by atoms with van der Waals surface area (Å²) in [6.45, 7) is 1.99. The zero-order valence-corrected chi connectivity index (χ0v) is 10.9. The maximum Gasteiger partial charge on any atom is 0.335 e. The Morgan fingerprint density at radius 2 is 2.11 bits per heavy atom. The Morgan fingerprint density at radius 3 is 2.74 bits per heavy atom. The van der Waals surface area contributed by atoms with Gasteiger partial charge in [0, 0.05) is 12.2 Å². The summed E-state index contributed by atoms with van der Waals surface area (Å²) in [5, 5.41) is 11.8. The first-order chi connectivity index (χ1) is 9.08. The molecule has 102 valence electrons. The number of aromatic carboxylic acids is 1. The molecule has 5 heteroatoms. The Kier molecular flexibility index (Phi) is 4.14. The molecule has 5 nitrogen and oxygen atoms in total. The Morgan fingerprint density at radius 1 is 1.42 bits per heavy atom. The van der Waals surface area contributed by atoms with E-state index in [2.05, 4.69) is 10.3 Å². The van der Waals surface area contributed by atoms with Gasteiger partial charge in [-0.15, -0.1) is 0 Å². The second-order valence-electron chi connectivity index (χ2n) is 5.04. The summed E-state index contributed by atoms with van der Waals surface area (Å²) < 4.78 is 0. The van der Waals surface area contributed by atoms with E-state index < -0.39 is 5.97 Å². The highest BCUT2D eigenvalue weighted by molar-refractivity contribution is 5.95. The van der Waals surface area contributed by atoms with Crippen molar-refractivity contribution in [3.05, 3.63) is 29.6 Å². The second kappa shape index (κ2) is 5.82. The first kappa shape index (κ1) is 13.5. The topological polar surface area (TPSA) is 79.3 Å². The maximum atomic E-state index is 12.0. The normalized spacial score (nSPS) is 17.1. The molecule has 1 atom stereocenters. The molecule has 1 unspecified atom stereocenters. The highest BCUT2D eigenvalue weighted by Crippen LogP contribution is 2.27. The molecule has 1 aliphatic rings. The molecule has 1 heterocycles. The molecule has 0 bridgehead atoms. The van der Waals surface area contributed by atoms with Crippen LogP contribution in [-0.2, 0) is 0 Å². The van der Waals surface area contributed by atoms with Gasteiger partial charge in [0.2, 0.25) is 0 Å². The lowest BCUT2D eigenvalue weighted by Crippen LogP contribution is -2.37. The molecule has 1 amide bonds. The van der Waals surface area contributed by atoms with Crippen LogP contribution in [-0.4, -0.2) is 28.0 Å². The van der Waals surface area contributed by atoms with Crippen molar-refractivity contribution < 1.29 is 14.7 Å². The fraction of sp³-hybridized carbons (Fsp3) is 0.500. The van der Waals surface area contributed by atoms with Crippen molar-refractivity contribution >= 4 is 11.9 Å². The molecule has 1 aromatic rings. The van der Waals surface area contributed by atoms with Crippen LogP contribution in [0.5, 0.6) is 0 Å². The minimum atomic E-state index is -1.06. The van der Waals surface area contributed by atoms with Crippen LogP contribution < -0.4 is 5.32 Å². The number of carboxylic acid groups (broad SMARTS) is 1. The summed E-state index contributed by atoms with van der Waals surface area (Å²) in [6.07, 6.45) is 6.07. The number of carbonyl (C=O) groups excluding carboxylic acids is 1. The molecule has 0 aromatic carbocycles. The fourth-order valence-corrected chi connectivity index (χ4v) is 2.54. The quantitative estimate of drug-likeness (QED) is 0.870. The van der Waals surface area contributed by atoms with E-state index in [0.717, 1.165) is 12.8 Å². The van der Waals surface area contributed by atoms with Crippen molar-refractivity contribution in [3.8, 4) is 0 Å². The van der Waals surface area contributed by atoms with E-state index in [9.17, 15) is 9.59 Å². The summed E-state index contributed by atoms with van der Waals surface area (Å²) in [5.74, 6) is -0.839. The Balaban J connectivity index is 2.02. The van der Waals surface area contributed by atoms with Crippen molar-refractivity contribution in [2.45, 2.75) is 38.6 Å². The molecule has 2 N–H and O–H groups in total. The van der Waals surface area contributed by atoms with Crippen molar-refractivity contribution in [1.82, 2.24) is 10.3 Å². The van der Waals surface area contributed by atoms with E-state index in [1.807, 2.05) is 6.92 Å². The number of carbonyl (C=O) groups is 2. The van der Waals surface area contributed by atoms with Crippen LogP contribution in [0.1, 0.15) is 53.5 Å². The zero-order valence-electron chi connectivity index (χ0n) is 10.9. The molecular formula is C14H18N2O3. The summed E-state index contributed by atoms with van der Waals surface area (Å²) in [5.41, 5.74) is 0.235. The molecule has 0 radical (unpaired) electrons. The van der Waals surface area contributed by atoms with Crippen LogP contribution in [0.3, 0.4) is 0 Å². The van der Waals surface area contributed by atoms with E-state index in [0.29, 0.717) is 5.92 Å². The molecule has 19 heavy (non-hydrogen) atoms. The van der Waals surface area contributed by atoms with E-state index in [-0.39, 0.29) is 23.2 Å². The molecule has 0 saturated heterocycles. The van der Waals surface area contributed by atoms with Crippen LogP contribution in [0, 0.1) is 5.92 Å². The summed E-state index contributed by atoms with van der Waals surface area (Å²) in [6, 6.07) is 2.78. The van der Waals surface area contributed by atoms with Gasteiger partial charge in [-0.25, -0.2) is 4.79 Å². The van der Waals surface area contributed by atoms with Crippen LogP contribution >= 0.6 is 0 Å². The van der Waals surface area contributed by atoms with Gasteiger partial charge in [-0.1, -0.05) is 12.8 Å². The number of hydrogen-bond donors (Lipinski definition) is 2. The number of rotatable bonds is 4. The molecule has 2 rings (SSSR count). The summed E-state index contributed by atoms with van der Waals surface area (Å²) in [4.78, 5) is 26.8. The lowest BCUT2D eigenvalue weighted by atomic mass is 10.00. The third-order valence-corrected chi connectivity index (χ3v) is 3.71. The number of pyridine rings is 1. The number of hydrogen-bond acceptors (Lipinski definition) is 3. The van der Waals surface area contributed by atoms with E-state index in [4.69, 9.17) is 5.11 Å². The van der Waals surface area contributed by atoms with Gasteiger partial charge < -0.3 is 10.4 Å². The van der Waals surface area contributed by atoms with Gasteiger partial charge in [-0.2, -0.15) is 0 Å². The van der Waals surface area contributed by atoms with Gasteiger partial charge >= 0.3 is 5.97 Å². The predicted molar refractivity (Wildman–Crippen MR) is 70.1 cm³/mol. The van der Waals surface area contributed by atoms with Crippen LogP contribution in [0.2, 0.25) is 0 Å². The van der Waals surface area contributed by atoms with E-state index in [1.165, 1.54) is 31.2 Å². The number of carboxylic acids is 1. The lowest BCUT2D eigenvalue weighted by molar-refractivity contribution is 0.0696. The first-order valence-electron chi connectivity index (χ1n) is 6.58. The third kappa shape index (κ3) is 3.30. The monoisotopic (exact) mass is 262 g/mol. The van der Waals surface area contributed by atoms with Crippen LogP contribution in [0.15, 0.2) is 18.3 Å². The van der Waals surface area contributed by atoms with E-state index in [1.54, 1.807) is 0 Å². The summed E-state index contributed by atoms with van der Waals surface area (Å²) in [7, 11) is 0. The largest absolute Gasteiger partial charge is 0.478 e. The second-order valence-corrected chi connectivity index (χ2v) is 5.04. The third-order valence-electron chi connectivity index (χ3n) is 3.71. The van der Waals surface area contributed by atoms with Gasteiger partial charge in [-0.05, 0) is 37.8 Å². The molecule has 0 aliphatic heterocycles. The number of nitrogens with one attached hydrogen (secondary N) is 1. The highest BCUT2D eigenvalue weighted by atomic mass is 16.4. The van der Waals surface area contributed by atoms with Gasteiger partial charge in [0.15, 0.2) is 0 Å². The minimum absolute atomic E-state index is 0.0775. The highest BCUT2D eigenvalue weighted by Gasteiger charge is 2.23.